The topological polar surface area (TPSA) is 51.8 Å². The zero-order chi connectivity index (χ0) is 10.1. The molecule has 0 fully saturated rings. The van der Waals surface area contributed by atoms with Crippen molar-refractivity contribution in [1.29, 1.82) is 0 Å². The summed E-state index contributed by atoms with van der Waals surface area (Å²) >= 11 is 0. The number of fused-ring (bicyclic) bond motifs is 1. The fourth-order valence-corrected chi connectivity index (χ4v) is 2.12. The van der Waals surface area contributed by atoms with Gasteiger partial charge in [0.15, 0.2) is 0 Å². The van der Waals surface area contributed by atoms with Gasteiger partial charge in [-0.25, -0.2) is 9.97 Å². The summed E-state index contributed by atoms with van der Waals surface area (Å²) in [5.74, 6) is 0.890. The average molecular weight is 191 g/mol. The van der Waals surface area contributed by atoms with Crippen LogP contribution in [0.2, 0.25) is 0 Å². The Balaban J connectivity index is 2.38. The van der Waals surface area contributed by atoms with Crippen LogP contribution in [0, 0.1) is 6.92 Å². The Morgan fingerprint density at radius 1 is 1.36 bits per heavy atom. The molecule has 2 N–H and O–H groups in total. The molecule has 1 heterocycles. The first-order chi connectivity index (χ1) is 6.66. The number of rotatable bonds is 2. The predicted octanol–water partition coefficient (Wildman–Crippen LogP) is 1.16. The minimum Gasteiger partial charge on any atom is -0.328 e. The van der Waals surface area contributed by atoms with Gasteiger partial charge in [0.25, 0.3) is 0 Å². The molecule has 3 heteroatoms. The molecule has 1 unspecified atom stereocenters. The molecule has 1 aromatic rings. The molecular weight excluding hydrogens is 174 g/mol. The lowest BCUT2D eigenvalue weighted by atomic mass is 10.1. The molecular formula is C11H17N3. The van der Waals surface area contributed by atoms with Crippen LogP contribution in [0.25, 0.3) is 0 Å². The van der Waals surface area contributed by atoms with E-state index in [4.69, 9.17) is 5.73 Å². The number of hydrogen-bond donors (Lipinski definition) is 1. The summed E-state index contributed by atoms with van der Waals surface area (Å²) in [6, 6.07) is 0.189. The Labute approximate surface area is 84.8 Å². The van der Waals surface area contributed by atoms with Crippen LogP contribution in [0.4, 0.5) is 0 Å². The van der Waals surface area contributed by atoms with Crippen LogP contribution < -0.4 is 5.73 Å². The van der Waals surface area contributed by atoms with Gasteiger partial charge in [-0.3, -0.25) is 0 Å². The number of nitrogens with zero attached hydrogens (tertiary/aromatic N) is 2. The Morgan fingerprint density at radius 2 is 2.14 bits per heavy atom. The molecule has 0 radical (unpaired) electrons. The molecule has 0 amide bonds. The third-order valence-electron chi connectivity index (χ3n) is 2.65. The maximum atomic E-state index is 5.81. The van der Waals surface area contributed by atoms with Crippen molar-refractivity contribution in [3.8, 4) is 0 Å². The van der Waals surface area contributed by atoms with Crippen LogP contribution in [0.3, 0.4) is 0 Å². The van der Waals surface area contributed by atoms with Crippen LogP contribution in [-0.4, -0.2) is 16.0 Å². The first-order valence-electron chi connectivity index (χ1n) is 5.27. The van der Waals surface area contributed by atoms with Crippen molar-refractivity contribution in [1.82, 2.24) is 9.97 Å². The summed E-state index contributed by atoms with van der Waals surface area (Å²) in [6.07, 6.45) is 4.35. The fraction of sp³-hybridized carbons (Fsp3) is 0.636. The van der Waals surface area contributed by atoms with Crippen LogP contribution in [0.15, 0.2) is 0 Å². The van der Waals surface area contributed by atoms with Crippen LogP contribution in [-0.2, 0) is 19.3 Å². The lowest BCUT2D eigenvalue weighted by molar-refractivity contribution is 0.707. The molecule has 0 aliphatic heterocycles. The molecule has 0 bridgehead atoms. The minimum atomic E-state index is 0.189. The molecule has 2 rings (SSSR count). The Kier molecular flexibility index (Phi) is 2.50. The van der Waals surface area contributed by atoms with Crippen molar-refractivity contribution in [2.24, 2.45) is 5.73 Å². The van der Waals surface area contributed by atoms with Crippen molar-refractivity contribution in [2.75, 3.05) is 0 Å². The van der Waals surface area contributed by atoms with Gasteiger partial charge in [0.05, 0.1) is 0 Å². The van der Waals surface area contributed by atoms with E-state index in [1.165, 1.54) is 23.4 Å². The number of nitrogens with two attached hydrogens (primary N) is 1. The molecule has 0 saturated heterocycles. The summed E-state index contributed by atoms with van der Waals surface area (Å²) in [4.78, 5) is 8.96. The quantitative estimate of drug-likeness (QED) is 0.763. The zero-order valence-electron chi connectivity index (χ0n) is 8.88. The molecule has 0 saturated carbocycles. The van der Waals surface area contributed by atoms with E-state index in [1.54, 1.807) is 0 Å². The molecule has 1 aliphatic rings. The minimum absolute atomic E-state index is 0.189. The van der Waals surface area contributed by atoms with Crippen molar-refractivity contribution in [3.05, 3.63) is 22.8 Å². The largest absolute Gasteiger partial charge is 0.328 e. The van der Waals surface area contributed by atoms with Gasteiger partial charge in [0, 0.05) is 23.9 Å². The SMILES string of the molecule is Cc1nc2c(c(CC(C)N)n1)CCC2. The van der Waals surface area contributed by atoms with Gasteiger partial charge in [-0.15, -0.1) is 0 Å². The molecule has 1 aromatic heterocycles. The molecule has 0 aromatic carbocycles. The van der Waals surface area contributed by atoms with Crippen molar-refractivity contribution in [3.63, 3.8) is 0 Å². The smallest absolute Gasteiger partial charge is 0.125 e. The standard InChI is InChI=1S/C11H17N3/c1-7(12)6-11-9-4-3-5-10(9)13-8(2)14-11/h7H,3-6,12H2,1-2H3. The first kappa shape index (κ1) is 9.59. The molecule has 0 spiro atoms. The molecule has 1 aliphatic carbocycles. The van der Waals surface area contributed by atoms with E-state index in [2.05, 4.69) is 9.97 Å². The highest BCUT2D eigenvalue weighted by molar-refractivity contribution is 5.30. The van der Waals surface area contributed by atoms with Gasteiger partial charge < -0.3 is 5.73 Å². The van der Waals surface area contributed by atoms with Crippen LogP contribution >= 0.6 is 0 Å². The maximum Gasteiger partial charge on any atom is 0.125 e. The highest BCUT2D eigenvalue weighted by atomic mass is 14.9. The summed E-state index contributed by atoms with van der Waals surface area (Å²) in [5, 5.41) is 0. The van der Waals surface area contributed by atoms with Crippen LogP contribution in [0.1, 0.15) is 36.1 Å². The summed E-state index contributed by atoms with van der Waals surface area (Å²) in [7, 11) is 0. The molecule has 14 heavy (non-hydrogen) atoms. The van der Waals surface area contributed by atoms with E-state index in [9.17, 15) is 0 Å². The Hall–Kier alpha value is -0.960. The highest BCUT2D eigenvalue weighted by Crippen LogP contribution is 2.23. The Morgan fingerprint density at radius 3 is 2.86 bits per heavy atom. The van der Waals surface area contributed by atoms with E-state index in [1.807, 2.05) is 13.8 Å². The normalized spacial score (nSPS) is 16.8. The lowest BCUT2D eigenvalue weighted by Gasteiger charge is -2.10. The second-order valence-electron chi connectivity index (χ2n) is 4.18. The van der Waals surface area contributed by atoms with Gasteiger partial charge in [-0.2, -0.15) is 0 Å². The fourth-order valence-electron chi connectivity index (χ4n) is 2.12. The summed E-state index contributed by atoms with van der Waals surface area (Å²) in [5.41, 5.74) is 9.61. The van der Waals surface area contributed by atoms with E-state index in [0.29, 0.717) is 0 Å². The molecule has 3 nitrogen and oxygen atoms in total. The number of hydrogen-bond acceptors (Lipinski definition) is 3. The lowest BCUT2D eigenvalue weighted by Crippen LogP contribution is -2.20. The van der Waals surface area contributed by atoms with Gasteiger partial charge in [0.2, 0.25) is 0 Å². The van der Waals surface area contributed by atoms with Gasteiger partial charge in [-0.05, 0) is 38.7 Å². The third kappa shape index (κ3) is 1.77. The Bertz CT molecular complexity index is 345. The van der Waals surface area contributed by atoms with Crippen molar-refractivity contribution in [2.45, 2.75) is 45.6 Å². The van der Waals surface area contributed by atoms with E-state index in [0.717, 1.165) is 25.1 Å². The summed E-state index contributed by atoms with van der Waals surface area (Å²) < 4.78 is 0. The van der Waals surface area contributed by atoms with Crippen molar-refractivity contribution >= 4 is 0 Å². The second kappa shape index (κ2) is 3.65. The number of aryl methyl sites for hydroxylation is 2. The van der Waals surface area contributed by atoms with Crippen LogP contribution in [0.5, 0.6) is 0 Å². The van der Waals surface area contributed by atoms with E-state index >= 15 is 0 Å². The van der Waals surface area contributed by atoms with E-state index < -0.39 is 0 Å². The van der Waals surface area contributed by atoms with Gasteiger partial charge in [0.1, 0.15) is 5.82 Å². The van der Waals surface area contributed by atoms with Gasteiger partial charge >= 0.3 is 0 Å². The predicted molar refractivity (Wildman–Crippen MR) is 56.1 cm³/mol. The highest BCUT2D eigenvalue weighted by Gasteiger charge is 2.18. The monoisotopic (exact) mass is 191 g/mol. The summed E-state index contributed by atoms with van der Waals surface area (Å²) in [6.45, 7) is 3.99. The third-order valence-corrected chi connectivity index (χ3v) is 2.65. The molecule has 76 valence electrons. The average Bonchev–Trinajstić information content (AvgIpc) is 2.50. The van der Waals surface area contributed by atoms with E-state index in [-0.39, 0.29) is 6.04 Å². The van der Waals surface area contributed by atoms with Crippen molar-refractivity contribution < 1.29 is 0 Å². The second-order valence-corrected chi connectivity index (χ2v) is 4.18. The zero-order valence-corrected chi connectivity index (χ0v) is 8.88. The molecule has 1 atom stereocenters. The number of aromatic nitrogens is 2. The maximum absolute atomic E-state index is 5.81. The van der Waals surface area contributed by atoms with Gasteiger partial charge in [-0.1, -0.05) is 0 Å². The first-order valence-corrected chi connectivity index (χ1v) is 5.27.